The fourth-order valence-electron chi connectivity index (χ4n) is 2.47. The highest BCUT2D eigenvalue weighted by Gasteiger charge is 2.10. The fraction of sp³-hybridized carbons (Fsp3) is 0.0909. The van der Waals surface area contributed by atoms with Gasteiger partial charge in [0.25, 0.3) is 5.91 Å². The van der Waals surface area contributed by atoms with Crippen LogP contribution in [-0.4, -0.2) is 25.8 Å². The number of anilines is 2. The van der Waals surface area contributed by atoms with Crippen molar-refractivity contribution in [1.29, 1.82) is 0 Å². The van der Waals surface area contributed by atoms with Crippen LogP contribution in [0.15, 0.2) is 77.9 Å². The Hall–Kier alpha value is -3.51. The minimum atomic E-state index is -0.321. The number of hydrogen-bond donors (Lipinski definition) is 2. The van der Waals surface area contributed by atoms with Gasteiger partial charge in [-0.25, -0.2) is 0 Å². The van der Waals surface area contributed by atoms with Gasteiger partial charge in [-0.3, -0.25) is 10.2 Å². The molecular formula is C22H20ClN3O3. The van der Waals surface area contributed by atoms with Gasteiger partial charge in [-0.05, 0) is 48.0 Å². The number of methoxy groups -OCH3 is 1. The zero-order valence-corrected chi connectivity index (χ0v) is 16.5. The first-order chi connectivity index (χ1) is 14.2. The number of nitrogens with zero attached hydrogens (tertiary/aromatic N) is 1. The van der Waals surface area contributed by atoms with Crippen molar-refractivity contribution in [1.82, 2.24) is 0 Å². The number of halogens is 1. The van der Waals surface area contributed by atoms with E-state index in [-0.39, 0.29) is 12.5 Å². The van der Waals surface area contributed by atoms with Crippen molar-refractivity contribution in [2.45, 2.75) is 0 Å². The number of carbonyl (C=O) groups is 1. The van der Waals surface area contributed by atoms with Crippen molar-refractivity contribution in [3.63, 3.8) is 0 Å². The molecule has 148 valence electrons. The molecule has 0 bridgehead atoms. The summed E-state index contributed by atoms with van der Waals surface area (Å²) in [6.45, 7) is -0.176. The summed E-state index contributed by atoms with van der Waals surface area (Å²) in [5, 5.41) is 7.37. The minimum absolute atomic E-state index is 0.176. The predicted octanol–water partition coefficient (Wildman–Crippen LogP) is 4.81. The van der Waals surface area contributed by atoms with Gasteiger partial charge in [-0.15, -0.1) is 0 Å². The first-order valence-electron chi connectivity index (χ1n) is 8.85. The Bertz CT molecular complexity index is 994. The fourth-order valence-corrected chi connectivity index (χ4v) is 2.65. The van der Waals surface area contributed by atoms with E-state index in [0.717, 1.165) is 11.3 Å². The Morgan fingerprint density at radius 2 is 1.79 bits per heavy atom. The van der Waals surface area contributed by atoms with E-state index in [1.165, 1.54) is 7.11 Å². The highest BCUT2D eigenvalue weighted by atomic mass is 35.5. The van der Waals surface area contributed by atoms with Crippen LogP contribution in [0.25, 0.3) is 0 Å². The predicted molar refractivity (Wildman–Crippen MR) is 116 cm³/mol. The molecule has 0 fully saturated rings. The Balaban J connectivity index is 1.58. The molecule has 2 N–H and O–H groups in total. The SMILES string of the molecule is COc1cc(C=NNc2ccccc2)ccc1OCC(=O)Nc1ccccc1Cl. The maximum atomic E-state index is 12.1. The van der Waals surface area contributed by atoms with Crippen molar-refractivity contribution < 1.29 is 14.3 Å². The molecular weight excluding hydrogens is 390 g/mol. The van der Waals surface area contributed by atoms with E-state index in [9.17, 15) is 4.79 Å². The normalized spacial score (nSPS) is 10.6. The molecule has 3 aromatic carbocycles. The maximum Gasteiger partial charge on any atom is 0.262 e. The molecule has 1 amide bonds. The minimum Gasteiger partial charge on any atom is -0.493 e. The van der Waals surface area contributed by atoms with Crippen LogP contribution in [0, 0.1) is 0 Å². The van der Waals surface area contributed by atoms with Crippen LogP contribution in [0.1, 0.15) is 5.56 Å². The van der Waals surface area contributed by atoms with Gasteiger partial charge in [0.15, 0.2) is 18.1 Å². The summed E-state index contributed by atoms with van der Waals surface area (Å²) >= 11 is 6.04. The van der Waals surface area contributed by atoms with E-state index in [1.54, 1.807) is 42.6 Å². The van der Waals surface area contributed by atoms with Crippen molar-refractivity contribution in [2.24, 2.45) is 5.10 Å². The number of benzene rings is 3. The van der Waals surface area contributed by atoms with Gasteiger partial charge in [0.05, 0.1) is 29.7 Å². The Morgan fingerprint density at radius 3 is 2.55 bits per heavy atom. The van der Waals surface area contributed by atoms with Gasteiger partial charge in [0, 0.05) is 0 Å². The zero-order chi connectivity index (χ0) is 20.5. The number of rotatable bonds is 8. The van der Waals surface area contributed by atoms with Crippen molar-refractivity contribution in [2.75, 3.05) is 24.5 Å². The first-order valence-corrected chi connectivity index (χ1v) is 9.23. The smallest absolute Gasteiger partial charge is 0.262 e. The number of hydrazone groups is 1. The lowest BCUT2D eigenvalue weighted by molar-refractivity contribution is -0.118. The molecule has 0 spiro atoms. The summed E-state index contributed by atoms with van der Waals surface area (Å²) in [6, 6.07) is 22.0. The molecule has 0 aliphatic rings. The summed E-state index contributed by atoms with van der Waals surface area (Å²) in [5.41, 5.74) is 5.19. The van der Waals surface area contributed by atoms with Gasteiger partial charge in [-0.2, -0.15) is 5.10 Å². The summed E-state index contributed by atoms with van der Waals surface area (Å²) < 4.78 is 11.0. The lowest BCUT2D eigenvalue weighted by atomic mass is 10.2. The lowest BCUT2D eigenvalue weighted by Crippen LogP contribution is -2.20. The van der Waals surface area contributed by atoms with Crippen LogP contribution in [0.4, 0.5) is 11.4 Å². The molecule has 0 radical (unpaired) electrons. The van der Waals surface area contributed by atoms with Gasteiger partial charge in [0.1, 0.15) is 0 Å². The zero-order valence-electron chi connectivity index (χ0n) is 15.8. The van der Waals surface area contributed by atoms with E-state index < -0.39 is 0 Å². The summed E-state index contributed by atoms with van der Waals surface area (Å²) in [6.07, 6.45) is 1.67. The van der Waals surface area contributed by atoms with Gasteiger partial charge >= 0.3 is 0 Å². The Kier molecular flexibility index (Phi) is 7.08. The number of nitrogens with one attached hydrogen (secondary N) is 2. The molecule has 6 nitrogen and oxygen atoms in total. The van der Waals surface area contributed by atoms with E-state index in [2.05, 4.69) is 15.8 Å². The third kappa shape index (κ3) is 5.99. The first kappa shape index (κ1) is 20.2. The number of ether oxygens (including phenoxy) is 2. The molecule has 0 saturated carbocycles. The lowest BCUT2D eigenvalue weighted by Gasteiger charge is -2.12. The molecule has 3 aromatic rings. The largest absolute Gasteiger partial charge is 0.493 e. The molecule has 0 aliphatic heterocycles. The number of amides is 1. The topological polar surface area (TPSA) is 71.9 Å². The molecule has 0 aromatic heterocycles. The average molecular weight is 410 g/mol. The highest BCUT2D eigenvalue weighted by molar-refractivity contribution is 6.33. The van der Waals surface area contributed by atoms with E-state index in [4.69, 9.17) is 21.1 Å². The highest BCUT2D eigenvalue weighted by Crippen LogP contribution is 2.28. The van der Waals surface area contributed by atoms with Crippen molar-refractivity contribution in [3.8, 4) is 11.5 Å². The van der Waals surface area contributed by atoms with E-state index in [0.29, 0.717) is 22.2 Å². The van der Waals surface area contributed by atoms with Crippen LogP contribution in [0.3, 0.4) is 0 Å². The molecule has 0 unspecified atom stereocenters. The van der Waals surface area contributed by atoms with Crippen LogP contribution in [0.2, 0.25) is 5.02 Å². The second-order valence-corrected chi connectivity index (χ2v) is 6.37. The standard InChI is InChI=1S/C22H20ClN3O3/c1-28-21-13-16(14-24-26-17-7-3-2-4-8-17)11-12-20(21)29-15-22(27)25-19-10-6-5-9-18(19)23/h2-14,26H,15H2,1H3,(H,25,27). The van der Waals surface area contributed by atoms with Crippen LogP contribution >= 0.6 is 11.6 Å². The summed E-state index contributed by atoms with van der Waals surface area (Å²) in [4.78, 5) is 12.1. The van der Waals surface area contributed by atoms with E-state index in [1.807, 2.05) is 36.4 Å². The molecule has 29 heavy (non-hydrogen) atoms. The van der Waals surface area contributed by atoms with Crippen molar-refractivity contribution in [3.05, 3.63) is 83.4 Å². The second kappa shape index (κ2) is 10.1. The Labute approximate surface area is 174 Å². The summed E-state index contributed by atoms with van der Waals surface area (Å²) in [5.74, 6) is 0.632. The van der Waals surface area contributed by atoms with Crippen LogP contribution < -0.4 is 20.2 Å². The summed E-state index contributed by atoms with van der Waals surface area (Å²) in [7, 11) is 1.54. The van der Waals surface area contributed by atoms with Gasteiger partial charge in [-0.1, -0.05) is 41.9 Å². The number of para-hydroxylation sites is 2. The Morgan fingerprint density at radius 1 is 1.03 bits per heavy atom. The van der Waals surface area contributed by atoms with Crippen LogP contribution in [0.5, 0.6) is 11.5 Å². The number of carbonyl (C=O) groups excluding carboxylic acids is 1. The van der Waals surface area contributed by atoms with Gasteiger partial charge < -0.3 is 14.8 Å². The quantitative estimate of drug-likeness (QED) is 0.413. The molecule has 7 heteroatoms. The molecule has 0 atom stereocenters. The van der Waals surface area contributed by atoms with E-state index >= 15 is 0 Å². The molecule has 0 heterocycles. The molecule has 0 saturated heterocycles. The van der Waals surface area contributed by atoms with Gasteiger partial charge in [0.2, 0.25) is 0 Å². The molecule has 3 rings (SSSR count). The average Bonchev–Trinajstić information content (AvgIpc) is 2.75. The maximum absolute atomic E-state index is 12.1. The monoisotopic (exact) mass is 409 g/mol. The number of hydrogen-bond acceptors (Lipinski definition) is 5. The molecule has 0 aliphatic carbocycles. The third-order valence-corrected chi connectivity index (χ3v) is 4.21. The van der Waals surface area contributed by atoms with Crippen molar-refractivity contribution >= 4 is 35.1 Å². The third-order valence-electron chi connectivity index (χ3n) is 3.88. The second-order valence-electron chi connectivity index (χ2n) is 5.96. The van der Waals surface area contributed by atoms with Crippen LogP contribution in [-0.2, 0) is 4.79 Å².